The molecule has 110 valence electrons. The maximum absolute atomic E-state index is 10.9. The van der Waals surface area contributed by atoms with Gasteiger partial charge in [-0.25, -0.2) is 0 Å². The first-order valence-corrected chi connectivity index (χ1v) is 7.19. The predicted octanol–water partition coefficient (Wildman–Crippen LogP) is 2.47. The van der Waals surface area contributed by atoms with Gasteiger partial charge in [-0.2, -0.15) is 0 Å². The Morgan fingerprint density at radius 1 is 1.40 bits per heavy atom. The molecule has 1 aromatic carbocycles. The van der Waals surface area contributed by atoms with E-state index in [9.17, 15) is 4.79 Å². The second-order valence-electron chi connectivity index (χ2n) is 5.70. The molecular formula is C16H23NO3. The maximum Gasteiger partial charge on any atom is 0.303 e. The third kappa shape index (κ3) is 3.97. The van der Waals surface area contributed by atoms with E-state index < -0.39 is 5.97 Å². The summed E-state index contributed by atoms with van der Waals surface area (Å²) < 4.78 is 5.17. The Bertz CT molecular complexity index is 436. The lowest BCUT2D eigenvalue weighted by Gasteiger charge is -2.38. The maximum atomic E-state index is 10.9. The summed E-state index contributed by atoms with van der Waals surface area (Å²) in [7, 11) is 1.66. The predicted molar refractivity (Wildman–Crippen MR) is 78.1 cm³/mol. The van der Waals surface area contributed by atoms with E-state index in [0.29, 0.717) is 0 Å². The molecule has 1 saturated heterocycles. The summed E-state index contributed by atoms with van der Waals surface area (Å²) in [5.41, 5.74) is 1.32. The molecule has 20 heavy (non-hydrogen) atoms. The fourth-order valence-electron chi connectivity index (χ4n) is 3.03. The highest BCUT2D eigenvalue weighted by atomic mass is 16.5. The van der Waals surface area contributed by atoms with Crippen molar-refractivity contribution < 1.29 is 14.6 Å². The fourth-order valence-corrected chi connectivity index (χ4v) is 3.03. The third-order valence-corrected chi connectivity index (χ3v) is 4.17. The summed E-state index contributed by atoms with van der Waals surface area (Å²) >= 11 is 0. The minimum Gasteiger partial charge on any atom is -0.497 e. The molecule has 0 aliphatic carbocycles. The van der Waals surface area contributed by atoms with Crippen LogP contribution in [0.1, 0.15) is 31.2 Å². The molecule has 0 amide bonds. The summed E-state index contributed by atoms with van der Waals surface area (Å²) in [6.07, 6.45) is 4.13. The van der Waals surface area contributed by atoms with Gasteiger partial charge in [0.1, 0.15) is 5.75 Å². The van der Waals surface area contributed by atoms with Crippen LogP contribution >= 0.6 is 0 Å². The van der Waals surface area contributed by atoms with Gasteiger partial charge in [0, 0.05) is 13.0 Å². The van der Waals surface area contributed by atoms with Crippen molar-refractivity contribution in [2.45, 2.75) is 32.1 Å². The van der Waals surface area contributed by atoms with Crippen LogP contribution in [0.4, 0.5) is 0 Å². The van der Waals surface area contributed by atoms with Gasteiger partial charge in [-0.05, 0) is 55.3 Å². The minimum absolute atomic E-state index is 0.0746. The van der Waals surface area contributed by atoms with Crippen LogP contribution < -0.4 is 10.1 Å². The number of ether oxygens (including phenoxy) is 1. The molecule has 1 heterocycles. The van der Waals surface area contributed by atoms with Crippen molar-refractivity contribution in [2.75, 3.05) is 20.2 Å². The van der Waals surface area contributed by atoms with Crippen LogP contribution in [0, 0.1) is 5.41 Å². The Hall–Kier alpha value is -1.55. The second-order valence-corrected chi connectivity index (χ2v) is 5.70. The topological polar surface area (TPSA) is 58.6 Å². The van der Waals surface area contributed by atoms with E-state index in [1.165, 1.54) is 5.56 Å². The molecular weight excluding hydrogens is 254 g/mol. The van der Waals surface area contributed by atoms with E-state index in [-0.39, 0.29) is 11.8 Å². The lowest BCUT2D eigenvalue weighted by atomic mass is 9.72. The summed E-state index contributed by atoms with van der Waals surface area (Å²) in [6.45, 7) is 1.95. The van der Waals surface area contributed by atoms with E-state index in [4.69, 9.17) is 9.84 Å². The average molecular weight is 277 g/mol. The number of carboxylic acid groups (broad SMARTS) is 1. The van der Waals surface area contributed by atoms with Crippen molar-refractivity contribution in [1.82, 2.24) is 5.32 Å². The highest BCUT2D eigenvalue weighted by Gasteiger charge is 2.32. The number of carboxylic acids is 1. The van der Waals surface area contributed by atoms with Gasteiger partial charge in [-0.3, -0.25) is 4.79 Å². The normalized spacial score (nSPS) is 22.4. The van der Waals surface area contributed by atoms with Crippen molar-refractivity contribution in [3.8, 4) is 5.75 Å². The molecule has 0 spiro atoms. The monoisotopic (exact) mass is 277 g/mol. The van der Waals surface area contributed by atoms with Crippen LogP contribution in [0.25, 0.3) is 0 Å². The zero-order chi connectivity index (χ0) is 14.4. The molecule has 1 atom stereocenters. The molecule has 1 aromatic rings. The number of hydrogen-bond acceptors (Lipinski definition) is 3. The van der Waals surface area contributed by atoms with Crippen molar-refractivity contribution in [1.29, 1.82) is 0 Å². The van der Waals surface area contributed by atoms with Gasteiger partial charge in [0.25, 0.3) is 0 Å². The summed E-state index contributed by atoms with van der Waals surface area (Å²) in [5.74, 6) is 0.153. The van der Waals surface area contributed by atoms with Crippen LogP contribution in [-0.2, 0) is 11.2 Å². The number of piperidine rings is 1. The Morgan fingerprint density at radius 2 is 2.15 bits per heavy atom. The van der Waals surface area contributed by atoms with Crippen LogP contribution in [0.3, 0.4) is 0 Å². The second kappa shape index (κ2) is 6.75. The molecule has 1 unspecified atom stereocenters. The highest BCUT2D eigenvalue weighted by molar-refractivity contribution is 5.66. The summed E-state index contributed by atoms with van der Waals surface area (Å²) in [4.78, 5) is 10.9. The number of aliphatic carboxylic acids is 1. The molecule has 0 saturated carbocycles. The van der Waals surface area contributed by atoms with E-state index in [1.807, 2.05) is 12.1 Å². The summed E-state index contributed by atoms with van der Waals surface area (Å²) in [6, 6.07) is 8.10. The SMILES string of the molecule is COc1ccc(CC2(CCC(=O)O)CCCNC2)cc1. The first-order valence-electron chi connectivity index (χ1n) is 7.19. The van der Waals surface area contributed by atoms with Crippen molar-refractivity contribution in [2.24, 2.45) is 5.41 Å². The smallest absolute Gasteiger partial charge is 0.303 e. The van der Waals surface area contributed by atoms with E-state index >= 15 is 0 Å². The molecule has 0 aromatic heterocycles. The van der Waals surface area contributed by atoms with Gasteiger partial charge >= 0.3 is 5.97 Å². The standard InChI is InChI=1S/C16H23NO3/c1-20-14-5-3-13(4-6-14)11-16(9-7-15(18)19)8-2-10-17-12-16/h3-6,17H,2,7-12H2,1H3,(H,18,19). The van der Waals surface area contributed by atoms with E-state index in [0.717, 1.165) is 44.5 Å². The number of benzene rings is 1. The zero-order valence-corrected chi connectivity index (χ0v) is 12.0. The van der Waals surface area contributed by atoms with Crippen molar-refractivity contribution in [3.63, 3.8) is 0 Å². The molecule has 1 fully saturated rings. The van der Waals surface area contributed by atoms with Gasteiger partial charge < -0.3 is 15.2 Å². The first-order chi connectivity index (χ1) is 9.63. The molecule has 0 bridgehead atoms. The minimum atomic E-state index is -0.704. The number of carbonyl (C=O) groups is 1. The van der Waals surface area contributed by atoms with Crippen LogP contribution in [0.15, 0.2) is 24.3 Å². The van der Waals surface area contributed by atoms with Gasteiger partial charge in [0.15, 0.2) is 0 Å². The highest BCUT2D eigenvalue weighted by Crippen LogP contribution is 2.35. The van der Waals surface area contributed by atoms with Crippen molar-refractivity contribution >= 4 is 5.97 Å². The number of methoxy groups -OCH3 is 1. The van der Waals surface area contributed by atoms with Gasteiger partial charge in [0.05, 0.1) is 7.11 Å². The van der Waals surface area contributed by atoms with Gasteiger partial charge in [0.2, 0.25) is 0 Å². The number of rotatable bonds is 6. The molecule has 4 heteroatoms. The molecule has 1 aliphatic rings. The molecule has 2 rings (SSSR count). The summed E-state index contributed by atoms with van der Waals surface area (Å²) in [5, 5.41) is 12.4. The molecule has 0 radical (unpaired) electrons. The lowest BCUT2D eigenvalue weighted by Crippen LogP contribution is -2.41. The number of nitrogens with one attached hydrogen (secondary N) is 1. The van der Waals surface area contributed by atoms with Crippen molar-refractivity contribution in [3.05, 3.63) is 29.8 Å². The van der Waals surface area contributed by atoms with Crippen LogP contribution in [0.5, 0.6) is 5.75 Å². The van der Waals surface area contributed by atoms with Crippen LogP contribution in [0.2, 0.25) is 0 Å². The number of hydrogen-bond donors (Lipinski definition) is 2. The van der Waals surface area contributed by atoms with Gasteiger partial charge in [-0.15, -0.1) is 0 Å². The third-order valence-electron chi connectivity index (χ3n) is 4.17. The Kier molecular flexibility index (Phi) is 5.01. The van der Waals surface area contributed by atoms with E-state index in [1.54, 1.807) is 7.11 Å². The average Bonchev–Trinajstić information content (AvgIpc) is 2.47. The van der Waals surface area contributed by atoms with Gasteiger partial charge in [-0.1, -0.05) is 12.1 Å². The molecule has 1 aliphatic heterocycles. The quantitative estimate of drug-likeness (QED) is 0.838. The Morgan fingerprint density at radius 3 is 2.70 bits per heavy atom. The molecule has 2 N–H and O–H groups in total. The lowest BCUT2D eigenvalue weighted by molar-refractivity contribution is -0.137. The Labute approximate surface area is 120 Å². The zero-order valence-electron chi connectivity index (χ0n) is 12.0. The Balaban J connectivity index is 2.07. The van der Waals surface area contributed by atoms with E-state index in [2.05, 4.69) is 17.4 Å². The fraction of sp³-hybridized carbons (Fsp3) is 0.562. The first kappa shape index (κ1) is 14.9. The molecule has 4 nitrogen and oxygen atoms in total. The largest absolute Gasteiger partial charge is 0.497 e. The van der Waals surface area contributed by atoms with Crippen LogP contribution in [-0.4, -0.2) is 31.3 Å².